The third kappa shape index (κ3) is 2.83. The molecule has 0 spiro atoms. The van der Waals surface area contributed by atoms with E-state index in [2.05, 4.69) is 5.32 Å². The van der Waals surface area contributed by atoms with Gasteiger partial charge in [-0.25, -0.2) is 0 Å². The Balaban J connectivity index is 2.23. The fourth-order valence-corrected chi connectivity index (χ4v) is 2.63. The van der Waals surface area contributed by atoms with Crippen molar-refractivity contribution in [2.75, 3.05) is 19.5 Å². The summed E-state index contributed by atoms with van der Waals surface area (Å²) in [7, 11) is 3.05. The number of halogens is 1. The van der Waals surface area contributed by atoms with Gasteiger partial charge >= 0.3 is 0 Å². The first-order valence-corrected chi connectivity index (χ1v) is 6.90. The van der Waals surface area contributed by atoms with Gasteiger partial charge in [-0.1, -0.05) is 24.4 Å². The van der Waals surface area contributed by atoms with E-state index in [9.17, 15) is 4.79 Å². The maximum Gasteiger partial charge on any atom is 0.244 e. The highest BCUT2D eigenvalue weighted by atomic mass is 35.5. The Labute approximate surface area is 123 Å². The summed E-state index contributed by atoms with van der Waals surface area (Å²) >= 11 is 6.14. The summed E-state index contributed by atoms with van der Waals surface area (Å²) in [6.07, 6.45) is 3.35. The number of hydrogen-bond donors (Lipinski definition) is 2. The van der Waals surface area contributed by atoms with Crippen LogP contribution in [0.3, 0.4) is 0 Å². The summed E-state index contributed by atoms with van der Waals surface area (Å²) in [4.78, 5) is 12.3. The van der Waals surface area contributed by atoms with Crippen molar-refractivity contribution >= 4 is 23.2 Å². The van der Waals surface area contributed by atoms with Crippen molar-refractivity contribution in [3.63, 3.8) is 0 Å². The smallest absolute Gasteiger partial charge is 0.244 e. The molecular weight excluding hydrogens is 280 g/mol. The second kappa shape index (κ2) is 5.89. The van der Waals surface area contributed by atoms with Crippen molar-refractivity contribution in [3.8, 4) is 11.5 Å². The van der Waals surface area contributed by atoms with Gasteiger partial charge in [0.1, 0.15) is 0 Å². The van der Waals surface area contributed by atoms with E-state index in [-0.39, 0.29) is 5.91 Å². The summed E-state index contributed by atoms with van der Waals surface area (Å²) in [6, 6.07) is 3.24. The van der Waals surface area contributed by atoms with Crippen LogP contribution in [0.25, 0.3) is 0 Å². The van der Waals surface area contributed by atoms with Crippen molar-refractivity contribution in [3.05, 3.63) is 17.2 Å². The maximum atomic E-state index is 12.3. The van der Waals surface area contributed by atoms with Crippen LogP contribution >= 0.6 is 11.6 Å². The number of methoxy groups -OCH3 is 2. The van der Waals surface area contributed by atoms with Gasteiger partial charge in [0.15, 0.2) is 11.5 Å². The fraction of sp³-hybridized carbons (Fsp3) is 0.500. The number of nitrogens with two attached hydrogens (primary N) is 1. The van der Waals surface area contributed by atoms with Crippen LogP contribution in [0.2, 0.25) is 5.02 Å². The van der Waals surface area contributed by atoms with E-state index in [1.807, 2.05) is 0 Å². The molecule has 110 valence electrons. The van der Waals surface area contributed by atoms with Crippen molar-refractivity contribution < 1.29 is 14.3 Å². The molecule has 3 N–H and O–H groups in total. The third-order valence-corrected chi connectivity index (χ3v) is 3.98. The minimum Gasteiger partial charge on any atom is -0.493 e. The van der Waals surface area contributed by atoms with E-state index in [4.69, 9.17) is 26.8 Å². The number of benzene rings is 1. The van der Waals surface area contributed by atoms with Gasteiger partial charge in [0.05, 0.1) is 30.5 Å². The van der Waals surface area contributed by atoms with Gasteiger partial charge in [-0.15, -0.1) is 0 Å². The number of anilines is 1. The summed E-state index contributed by atoms with van der Waals surface area (Å²) in [5.74, 6) is 0.813. The fourth-order valence-electron chi connectivity index (χ4n) is 2.43. The van der Waals surface area contributed by atoms with E-state index in [0.29, 0.717) is 35.1 Å². The normalized spacial score (nSPS) is 16.8. The monoisotopic (exact) mass is 298 g/mol. The molecule has 0 heterocycles. The SMILES string of the molecule is COc1cc(Cl)c(NC(=O)C2(N)CCCC2)cc1OC. The molecule has 1 aromatic rings. The summed E-state index contributed by atoms with van der Waals surface area (Å²) in [5, 5.41) is 3.17. The van der Waals surface area contributed by atoms with Crippen LogP contribution in [-0.2, 0) is 4.79 Å². The van der Waals surface area contributed by atoms with Gasteiger partial charge in [-0.2, -0.15) is 0 Å². The Hall–Kier alpha value is -1.46. The van der Waals surface area contributed by atoms with Gasteiger partial charge in [0, 0.05) is 12.1 Å². The van der Waals surface area contributed by atoms with E-state index in [0.717, 1.165) is 12.8 Å². The molecular formula is C14H19ClN2O3. The molecule has 1 aliphatic rings. The Morgan fingerprint density at radius 2 is 1.80 bits per heavy atom. The van der Waals surface area contributed by atoms with Gasteiger partial charge in [0.25, 0.3) is 0 Å². The van der Waals surface area contributed by atoms with E-state index < -0.39 is 5.54 Å². The van der Waals surface area contributed by atoms with Crippen LogP contribution in [0.5, 0.6) is 11.5 Å². The number of carbonyl (C=O) groups excluding carboxylic acids is 1. The Kier molecular flexibility index (Phi) is 4.40. The molecule has 0 saturated heterocycles. The molecule has 1 fully saturated rings. The standard InChI is InChI=1S/C14H19ClN2O3/c1-19-11-7-9(15)10(8-12(11)20-2)17-13(18)14(16)5-3-4-6-14/h7-8H,3-6,16H2,1-2H3,(H,17,18). The minimum absolute atomic E-state index is 0.205. The molecule has 0 atom stereocenters. The average molecular weight is 299 g/mol. The average Bonchev–Trinajstić information content (AvgIpc) is 2.88. The molecule has 5 nitrogen and oxygen atoms in total. The van der Waals surface area contributed by atoms with Crippen LogP contribution < -0.4 is 20.5 Å². The topological polar surface area (TPSA) is 73.6 Å². The lowest BCUT2D eigenvalue weighted by Gasteiger charge is -2.23. The lowest BCUT2D eigenvalue weighted by molar-refractivity contribution is -0.121. The third-order valence-electron chi connectivity index (χ3n) is 3.67. The first kappa shape index (κ1) is 14.9. The lowest BCUT2D eigenvalue weighted by Crippen LogP contribution is -2.48. The number of ether oxygens (including phenoxy) is 2. The first-order chi connectivity index (χ1) is 9.50. The second-order valence-corrected chi connectivity index (χ2v) is 5.41. The molecule has 1 saturated carbocycles. The molecule has 2 rings (SSSR count). The van der Waals surface area contributed by atoms with Gasteiger partial charge < -0.3 is 20.5 Å². The second-order valence-electron chi connectivity index (χ2n) is 5.00. The Morgan fingerprint density at radius 1 is 1.25 bits per heavy atom. The zero-order chi connectivity index (χ0) is 14.8. The minimum atomic E-state index is -0.795. The molecule has 0 unspecified atom stereocenters. The zero-order valence-electron chi connectivity index (χ0n) is 11.7. The van der Waals surface area contributed by atoms with Crippen molar-refractivity contribution in [2.24, 2.45) is 5.73 Å². The van der Waals surface area contributed by atoms with E-state index >= 15 is 0 Å². The van der Waals surface area contributed by atoms with Crippen LogP contribution in [0.1, 0.15) is 25.7 Å². The van der Waals surface area contributed by atoms with Crippen LogP contribution in [0, 0.1) is 0 Å². The van der Waals surface area contributed by atoms with E-state index in [1.54, 1.807) is 12.1 Å². The molecule has 0 bridgehead atoms. The lowest BCUT2D eigenvalue weighted by atomic mass is 9.98. The van der Waals surface area contributed by atoms with Crippen molar-refractivity contribution in [1.82, 2.24) is 0 Å². The molecule has 1 aliphatic carbocycles. The molecule has 1 aromatic carbocycles. The largest absolute Gasteiger partial charge is 0.493 e. The highest BCUT2D eigenvalue weighted by molar-refractivity contribution is 6.34. The Bertz CT molecular complexity index is 513. The number of rotatable bonds is 4. The highest BCUT2D eigenvalue weighted by Crippen LogP contribution is 2.37. The quantitative estimate of drug-likeness (QED) is 0.896. The summed E-state index contributed by atoms with van der Waals surface area (Å²) in [5.41, 5.74) is 5.80. The maximum absolute atomic E-state index is 12.3. The van der Waals surface area contributed by atoms with Gasteiger partial charge in [0.2, 0.25) is 5.91 Å². The van der Waals surface area contributed by atoms with Gasteiger partial charge in [-0.3, -0.25) is 4.79 Å². The summed E-state index contributed by atoms with van der Waals surface area (Å²) < 4.78 is 10.3. The molecule has 20 heavy (non-hydrogen) atoms. The number of amides is 1. The van der Waals surface area contributed by atoms with E-state index in [1.165, 1.54) is 14.2 Å². The molecule has 0 aromatic heterocycles. The zero-order valence-corrected chi connectivity index (χ0v) is 12.4. The molecule has 0 aliphatic heterocycles. The van der Waals surface area contributed by atoms with Crippen LogP contribution in [0.15, 0.2) is 12.1 Å². The summed E-state index contributed by atoms with van der Waals surface area (Å²) in [6.45, 7) is 0. The van der Waals surface area contributed by atoms with Crippen LogP contribution in [0.4, 0.5) is 5.69 Å². The molecule has 0 radical (unpaired) electrons. The molecule has 1 amide bonds. The number of carbonyl (C=O) groups is 1. The predicted molar refractivity (Wildman–Crippen MR) is 78.6 cm³/mol. The van der Waals surface area contributed by atoms with Crippen molar-refractivity contribution in [1.29, 1.82) is 0 Å². The molecule has 6 heteroatoms. The first-order valence-electron chi connectivity index (χ1n) is 6.52. The van der Waals surface area contributed by atoms with Gasteiger partial charge in [-0.05, 0) is 12.8 Å². The Morgan fingerprint density at radius 3 is 2.35 bits per heavy atom. The number of nitrogens with one attached hydrogen (secondary N) is 1. The van der Waals surface area contributed by atoms with Crippen LogP contribution in [-0.4, -0.2) is 25.7 Å². The highest BCUT2D eigenvalue weighted by Gasteiger charge is 2.37. The predicted octanol–water partition coefficient (Wildman–Crippen LogP) is 2.57. The van der Waals surface area contributed by atoms with Crippen molar-refractivity contribution in [2.45, 2.75) is 31.2 Å². The number of hydrogen-bond acceptors (Lipinski definition) is 4.